The third kappa shape index (κ3) is 9.40. The summed E-state index contributed by atoms with van der Waals surface area (Å²) in [6.45, 7) is 9.05. The van der Waals surface area contributed by atoms with Gasteiger partial charge in [-0.15, -0.1) is 0 Å². The number of unbranched alkanes of at least 4 members (excludes halogenated alkanes) is 2. The Morgan fingerprint density at radius 2 is 1.26 bits per heavy atom. The molecule has 0 aromatic carbocycles. The Morgan fingerprint density at radius 3 is 1.89 bits per heavy atom. The van der Waals surface area contributed by atoms with E-state index in [1.54, 1.807) is 0 Å². The molecule has 0 radical (unpaired) electrons. The zero-order valence-electron chi connectivity index (χ0n) is 12.0. The van der Waals surface area contributed by atoms with E-state index < -0.39 is 0 Å². The minimum atomic E-state index is 0.895. The van der Waals surface area contributed by atoms with Gasteiger partial charge >= 0.3 is 0 Å². The largest absolute Gasteiger partial charge is 0.380 e. The molecule has 0 aromatic heterocycles. The van der Waals surface area contributed by atoms with Crippen LogP contribution < -0.4 is 0 Å². The number of piperazine rings is 1. The molecule has 0 amide bonds. The third-order valence-corrected chi connectivity index (χ3v) is 4.67. The lowest BCUT2D eigenvalue weighted by molar-refractivity contribution is 0.0742. The third-order valence-electron chi connectivity index (χ3n) is 3.55. The van der Waals surface area contributed by atoms with Crippen molar-refractivity contribution in [1.82, 2.24) is 9.80 Å². The highest BCUT2D eigenvalue weighted by Crippen LogP contribution is 2.04. The van der Waals surface area contributed by atoms with Gasteiger partial charge in [0.15, 0.2) is 0 Å². The smallest absolute Gasteiger partial charge is 0.0593 e. The van der Waals surface area contributed by atoms with Crippen LogP contribution in [0.2, 0.25) is 0 Å². The van der Waals surface area contributed by atoms with Gasteiger partial charge < -0.3 is 9.64 Å². The van der Waals surface area contributed by atoms with Crippen molar-refractivity contribution < 1.29 is 4.74 Å². The van der Waals surface area contributed by atoms with Crippen LogP contribution >= 0.6 is 31.9 Å². The van der Waals surface area contributed by atoms with E-state index >= 15 is 0 Å². The first-order chi connectivity index (χ1) is 9.36. The SMILES string of the molecule is BrCCCCOCCN1CCN(CCCCBr)CC1. The molecule has 0 bridgehead atoms. The number of rotatable bonds is 11. The topological polar surface area (TPSA) is 15.7 Å². The van der Waals surface area contributed by atoms with Crippen LogP contribution in [-0.2, 0) is 4.74 Å². The van der Waals surface area contributed by atoms with Crippen LogP contribution in [0.3, 0.4) is 0 Å². The molecule has 0 unspecified atom stereocenters. The van der Waals surface area contributed by atoms with Crippen molar-refractivity contribution in [1.29, 1.82) is 0 Å². The van der Waals surface area contributed by atoms with Crippen molar-refractivity contribution in [2.75, 3.05) is 63.1 Å². The molecule has 0 aliphatic carbocycles. The van der Waals surface area contributed by atoms with Gasteiger partial charge in [-0.3, -0.25) is 4.90 Å². The lowest BCUT2D eigenvalue weighted by Crippen LogP contribution is -2.47. The molecule has 0 saturated carbocycles. The van der Waals surface area contributed by atoms with Crippen LogP contribution in [-0.4, -0.2) is 72.9 Å². The molecule has 0 spiro atoms. The molecular weight excluding hydrogens is 372 g/mol. The Hall–Kier alpha value is 0.840. The highest BCUT2D eigenvalue weighted by molar-refractivity contribution is 9.09. The Kier molecular flexibility index (Phi) is 11.8. The summed E-state index contributed by atoms with van der Waals surface area (Å²) in [7, 11) is 0. The second-order valence-electron chi connectivity index (χ2n) is 5.09. The van der Waals surface area contributed by atoms with E-state index in [1.807, 2.05) is 0 Å². The first-order valence-corrected chi connectivity index (χ1v) is 9.75. The van der Waals surface area contributed by atoms with E-state index in [2.05, 4.69) is 41.7 Å². The van der Waals surface area contributed by atoms with E-state index in [0.29, 0.717) is 0 Å². The number of nitrogens with zero attached hydrogens (tertiary/aromatic N) is 2. The molecule has 0 atom stereocenters. The fourth-order valence-electron chi connectivity index (χ4n) is 2.26. The van der Waals surface area contributed by atoms with Gasteiger partial charge in [-0.05, 0) is 32.2 Å². The number of halogens is 2. The lowest BCUT2D eigenvalue weighted by Gasteiger charge is -2.34. The first kappa shape index (κ1) is 17.9. The van der Waals surface area contributed by atoms with Crippen molar-refractivity contribution in [3.05, 3.63) is 0 Å². The second-order valence-corrected chi connectivity index (χ2v) is 6.67. The quantitative estimate of drug-likeness (QED) is 0.392. The maximum atomic E-state index is 5.66. The Morgan fingerprint density at radius 1 is 0.684 bits per heavy atom. The average Bonchev–Trinajstić information content (AvgIpc) is 2.44. The van der Waals surface area contributed by atoms with Crippen molar-refractivity contribution in [2.24, 2.45) is 0 Å². The van der Waals surface area contributed by atoms with Crippen molar-refractivity contribution in [3.63, 3.8) is 0 Å². The number of ether oxygens (including phenoxy) is 1. The van der Waals surface area contributed by atoms with Gasteiger partial charge in [-0.25, -0.2) is 0 Å². The van der Waals surface area contributed by atoms with Gasteiger partial charge in [0, 0.05) is 50.0 Å². The summed E-state index contributed by atoms with van der Waals surface area (Å²) in [4.78, 5) is 5.13. The lowest BCUT2D eigenvalue weighted by atomic mass is 10.2. The van der Waals surface area contributed by atoms with Gasteiger partial charge in [0.2, 0.25) is 0 Å². The maximum absolute atomic E-state index is 5.66. The predicted molar refractivity (Wildman–Crippen MR) is 89.8 cm³/mol. The molecule has 114 valence electrons. The summed E-state index contributed by atoms with van der Waals surface area (Å²) in [5, 5.41) is 2.23. The fraction of sp³-hybridized carbons (Fsp3) is 1.00. The van der Waals surface area contributed by atoms with E-state index in [0.717, 1.165) is 30.4 Å². The summed E-state index contributed by atoms with van der Waals surface area (Å²) in [6, 6.07) is 0. The second kappa shape index (κ2) is 12.6. The molecule has 1 fully saturated rings. The normalized spacial score (nSPS) is 18.0. The molecule has 1 saturated heterocycles. The predicted octanol–water partition coefficient (Wildman–Crippen LogP) is 2.97. The maximum Gasteiger partial charge on any atom is 0.0593 e. The van der Waals surface area contributed by atoms with E-state index in [1.165, 1.54) is 58.4 Å². The Labute approximate surface area is 135 Å². The van der Waals surface area contributed by atoms with Gasteiger partial charge in [-0.1, -0.05) is 31.9 Å². The van der Waals surface area contributed by atoms with E-state index in [4.69, 9.17) is 4.74 Å². The van der Waals surface area contributed by atoms with Gasteiger partial charge in [0.1, 0.15) is 0 Å². The minimum absolute atomic E-state index is 0.895. The monoisotopic (exact) mass is 398 g/mol. The van der Waals surface area contributed by atoms with Crippen LogP contribution in [0.5, 0.6) is 0 Å². The minimum Gasteiger partial charge on any atom is -0.380 e. The van der Waals surface area contributed by atoms with Crippen LogP contribution in [0.4, 0.5) is 0 Å². The summed E-state index contributed by atoms with van der Waals surface area (Å²) in [5.74, 6) is 0. The molecule has 0 aromatic rings. The Balaban J connectivity index is 1.92. The van der Waals surface area contributed by atoms with Crippen LogP contribution in [0.25, 0.3) is 0 Å². The van der Waals surface area contributed by atoms with E-state index in [9.17, 15) is 0 Å². The molecule has 5 heteroatoms. The highest BCUT2D eigenvalue weighted by atomic mass is 79.9. The molecule has 0 N–H and O–H groups in total. The van der Waals surface area contributed by atoms with E-state index in [-0.39, 0.29) is 0 Å². The van der Waals surface area contributed by atoms with Crippen LogP contribution in [0.1, 0.15) is 25.7 Å². The van der Waals surface area contributed by atoms with Crippen molar-refractivity contribution in [2.45, 2.75) is 25.7 Å². The summed E-state index contributed by atoms with van der Waals surface area (Å²) in [5.41, 5.74) is 0. The molecule has 1 aliphatic heterocycles. The standard InChI is InChI=1S/C14H28Br2N2O/c15-5-1-3-7-17-8-10-18(11-9-17)12-14-19-13-4-2-6-16/h1-14H2. The number of hydrogen-bond acceptors (Lipinski definition) is 3. The average molecular weight is 400 g/mol. The molecule has 1 aliphatic rings. The van der Waals surface area contributed by atoms with Crippen molar-refractivity contribution >= 4 is 31.9 Å². The molecule has 19 heavy (non-hydrogen) atoms. The zero-order valence-corrected chi connectivity index (χ0v) is 15.1. The number of alkyl halides is 2. The summed E-state index contributed by atoms with van der Waals surface area (Å²) in [6.07, 6.45) is 5.00. The van der Waals surface area contributed by atoms with Gasteiger partial charge in [0.25, 0.3) is 0 Å². The van der Waals surface area contributed by atoms with Crippen molar-refractivity contribution in [3.8, 4) is 0 Å². The summed E-state index contributed by atoms with van der Waals surface area (Å²) >= 11 is 6.93. The molecule has 3 nitrogen and oxygen atoms in total. The fourth-order valence-corrected chi connectivity index (χ4v) is 3.05. The zero-order chi connectivity index (χ0) is 13.8. The molecule has 1 heterocycles. The molecular formula is C14H28Br2N2O. The first-order valence-electron chi connectivity index (χ1n) is 7.51. The molecule has 1 rings (SSSR count). The van der Waals surface area contributed by atoms with Crippen LogP contribution in [0, 0.1) is 0 Å². The van der Waals surface area contributed by atoms with Crippen LogP contribution in [0.15, 0.2) is 0 Å². The summed E-state index contributed by atoms with van der Waals surface area (Å²) < 4.78 is 5.66. The highest BCUT2D eigenvalue weighted by Gasteiger charge is 2.15. The van der Waals surface area contributed by atoms with Gasteiger partial charge in [0.05, 0.1) is 6.61 Å². The van der Waals surface area contributed by atoms with Gasteiger partial charge in [-0.2, -0.15) is 0 Å². The Bertz CT molecular complexity index is 197. The number of hydrogen-bond donors (Lipinski definition) is 0.